The Hall–Kier alpha value is -1.73. The maximum atomic E-state index is 9.99. The number of phenols is 1. The summed E-state index contributed by atoms with van der Waals surface area (Å²) in [4.78, 5) is 0. The number of benzene rings is 1. The molecule has 84 valence electrons. The number of phenolic OH excluding ortho intramolecular Hbond substituents is 1. The molecule has 1 fully saturated rings. The van der Waals surface area contributed by atoms with Crippen LogP contribution < -0.4 is 10.5 Å². The highest BCUT2D eigenvalue weighted by atomic mass is 16.5. The van der Waals surface area contributed by atoms with Crippen molar-refractivity contribution in [1.29, 1.82) is 5.26 Å². The fraction of sp³-hybridized carbons (Fsp3) is 0.417. The molecular weight excluding hydrogens is 204 g/mol. The molecule has 2 rings (SSSR count). The van der Waals surface area contributed by atoms with E-state index in [0.29, 0.717) is 22.8 Å². The van der Waals surface area contributed by atoms with Crippen molar-refractivity contribution in [3.05, 3.63) is 23.3 Å². The standard InChI is InChI=1S/C12H14N2O2/c1-16-9-5-4-8(6-13)10(12(9)15)11(14)7-2-3-7/h4-5,7,11,15H,2-3,14H2,1H3/t11-/m1/s1. The van der Waals surface area contributed by atoms with E-state index in [1.54, 1.807) is 12.1 Å². The second kappa shape index (κ2) is 4.03. The van der Waals surface area contributed by atoms with Crippen molar-refractivity contribution in [3.63, 3.8) is 0 Å². The molecular formula is C12H14N2O2. The second-order valence-electron chi connectivity index (χ2n) is 4.05. The van der Waals surface area contributed by atoms with Gasteiger partial charge in [-0.2, -0.15) is 5.26 Å². The molecule has 3 N–H and O–H groups in total. The summed E-state index contributed by atoms with van der Waals surface area (Å²) in [5, 5.41) is 19.0. The molecule has 0 unspecified atom stereocenters. The molecule has 4 heteroatoms. The topological polar surface area (TPSA) is 79.3 Å². The van der Waals surface area contributed by atoms with Gasteiger partial charge in [0.25, 0.3) is 0 Å². The zero-order chi connectivity index (χ0) is 11.7. The van der Waals surface area contributed by atoms with Gasteiger partial charge in [-0.05, 0) is 30.9 Å². The summed E-state index contributed by atoms with van der Waals surface area (Å²) in [5.41, 5.74) is 6.98. The van der Waals surface area contributed by atoms with Crippen LogP contribution in [-0.2, 0) is 0 Å². The van der Waals surface area contributed by atoms with E-state index in [-0.39, 0.29) is 11.8 Å². The Morgan fingerprint density at radius 2 is 2.25 bits per heavy atom. The molecule has 1 aromatic rings. The Bertz CT molecular complexity index is 447. The lowest BCUT2D eigenvalue weighted by Gasteiger charge is -2.16. The van der Waals surface area contributed by atoms with Crippen molar-refractivity contribution in [2.45, 2.75) is 18.9 Å². The third-order valence-corrected chi connectivity index (χ3v) is 2.98. The summed E-state index contributed by atoms with van der Waals surface area (Å²) in [5.74, 6) is 0.746. The molecule has 0 heterocycles. The van der Waals surface area contributed by atoms with Gasteiger partial charge >= 0.3 is 0 Å². The molecule has 0 aliphatic heterocycles. The third kappa shape index (κ3) is 1.70. The number of aromatic hydroxyl groups is 1. The summed E-state index contributed by atoms with van der Waals surface area (Å²) in [6.45, 7) is 0. The lowest BCUT2D eigenvalue weighted by atomic mass is 9.96. The Labute approximate surface area is 94.3 Å². The number of nitrogens with zero attached hydrogens (tertiary/aromatic N) is 1. The fourth-order valence-corrected chi connectivity index (χ4v) is 1.88. The van der Waals surface area contributed by atoms with Gasteiger partial charge in [-0.15, -0.1) is 0 Å². The first-order valence-corrected chi connectivity index (χ1v) is 5.24. The van der Waals surface area contributed by atoms with Crippen LogP contribution in [0.5, 0.6) is 11.5 Å². The van der Waals surface area contributed by atoms with Gasteiger partial charge in [-0.25, -0.2) is 0 Å². The normalized spacial score (nSPS) is 16.6. The molecule has 4 nitrogen and oxygen atoms in total. The average molecular weight is 218 g/mol. The monoisotopic (exact) mass is 218 g/mol. The van der Waals surface area contributed by atoms with Gasteiger partial charge in [0.1, 0.15) is 0 Å². The lowest BCUT2D eigenvalue weighted by molar-refractivity contribution is 0.367. The average Bonchev–Trinajstić information content (AvgIpc) is 3.11. The van der Waals surface area contributed by atoms with Crippen LogP contribution >= 0.6 is 0 Å². The van der Waals surface area contributed by atoms with Gasteiger partial charge in [0.15, 0.2) is 11.5 Å². The number of rotatable bonds is 3. The van der Waals surface area contributed by atoms with Crippen molar-refractivity contribution in [3.8, 4) is 17.6 Å². The molecule has 1 aliphatic carbocycles. The number of nitrogens with two attached hydrogens (primary N) is 1. The number of ether oxygens (including phenoxy) is 1. The summed E-state index contributed by atoms with van der Waals surface area (Å²) >= 11 is 0. The SMILES string of the molecule is COc1ccc(C#N)c([C@H](N)C2CC2)c1O. The van der Waals surface area contributed by atoms with E-state index in [1.807, 2.05) is 0 Å². The molecule has 0 radical (unpaired) electrons. The molecule has 1 atom stereocenters. The van der Waals surface area contributed by atoms with Gasteiger partial charge in [-0.3, -0.25) is 0 Å². The smallest absolute Gasteiger partial charge is 0.163 e. The highest BCUT2D eigenvalue weighted by Gasteiger charge is 2.33. The zero-order valence-electron chi connectivity index (χ0n) is 9.10. The van der Waals surface area contributed by atoms with Crippen molar-refractivity contribution >= 4 is 0 Å². The third-order valence-electron chi connectivity index (χ3n) is 2.98. The molecule has 0 aromatic heterocycles. The van der Waals surface area contributed by atoms with Crippen molar-refractivity contribution in [2.75, 3.05) is 7.11 Å². The van der Waals surface area contributed by atoms with Crippen molar-refractivity contribution in [1.82, 2.24) is 0 Å². The van der Waals surface area contributed by atoms with E-state index in [1.165, 1.54) is 7.11 Å². The van der Waals surface area contributed by atoms with Crippen LogP contribution in [0.4, 0.5) is 0 Å². The van der Waals surface area contributed by atoms with E-state index in [9.17, 15) is 5.11 Å². The second-order valence-corrected chi connectivity index (χ2v) is 4.05. The number of hydrogen-bond donors (Lipinski definition) is 2. The summed E-state index contributed by atoms with van der Waals surface area (Å²) in [7, 11) is 1.48. The lowest BCUT2D eigenvalue weighted by Crippen LogP contribution is -2.14. The molecule has 0 bridgehead atoms. The first-order valence-electron chi connectivity index (χ1n) is 5.24. The van der Waals surface area contributed by atoms with Crippen molar-refractivity contribution in [2.24, 2.45) is 11.7 Å². The minimum absolute atomic E-state index is 0.000880. The Balaban J connectivity index is 2.50. The van der Waals surface area contributed by atoms with Gasteiger partial charge in [0.2, 0.25) is 0 Å². The van der Waals surface area contributed by atoms with E-state index in [0.717, 1.165) is 12.8 Å². The van der Waals surface area contributed by atoms with E-state index in [2.05, 4.69) is 6.07 Å². The van der Waals surface area contributed by atoms with Crippen LogP contribution in [0.3, 0.4) is 0 Å². The Morgan fingerprint density at radius 3 is 2.75 bits per heavy atom. The molecule has 1 aliphatic rings. The maximum Gasteiger partial charge on any atom is 0.163 e. The highest BCUT2D eigenvalue weighted by Crippen LogP contribution is 2.45. The number of hydrogen-bond acceptors (Lipinski definition) is 4. The first-order chi connectivity index (χ1) is 7.69. The maximum absolute atomic E-state index is 9.99. The van der Waals surface area contributed by atoms with E-state index >= 15 is 0 Å². The molecule has 16 heavy (non-hydrogen) atoms. The number of methoxy groups -OCH3 is 1. The van der Waals surface area contributed by atoms with Gasteiger partial charge in [0, 0.05) is 11.6 Å². The fourth-order valence-electron chi connectivity index (χ4n) is 1.88. The van der Waals surface area contributed by atoms with E-state index < -0.39 is 0 Å². The Kier molecular flexibility index (Phi) is 2.71. The minimum Gasteiger partial charge on any atom is -0.504 e. The van der Waals surface area contributed by atoms with Gasteiger partial charge in [0.05, 0.1) is 18.7 Å². The summed E-state index contributed by atoms with van der Waals surface area (Å²) in [6, 6.07) is 5.00. The van der Waals surface area contributed by atoms with Crippen LogP contribution in [0.1, 0.15) is 30.0 Å². The molecule has 0 spiro atoms. The van der Waals surface area contributed by atoms with Gasteiger partial charge in [-0.1, -0.05) is 0 Å². The largest absolute Gasteiger partial charge is 0.504 e. The van der Waals surface area contributed by atoms with E-state index in [4.69, 9.17) is 15.7 Å². The first kappa shape index (κ1) is 10.8. The summed E-state index contributed by atoms with van der Waals surface area (Å²) in [6.07, 6.45) is 2.12. The Morgan fingerprint density at radius 1 is 1.56 bits per heavy atom. The quantitative estimate of drug-likeness (QED) is 0.809. The number of nitriles is 1. The van der Waals surface area contributed by atoms with Gasteiger partial charge < -0.3 is 15.6 Å². The van der Waals surface area contributed by atoms with Crippen molar-refractivity contribution < 1.29 is 9.84 Å². The molecule has 1 saturated carbocycles. The molecule has 0 saturated heterocycles. The van der Waals surface area contributed by atoms with Crippen LogP contribution in [0, 0.1) is 17.2 Å². The highest BCUT2D eigenvalue weighted by molar-refractivity contribution is 5.55. The summed E-state index contributed by atoms with van der Waals surface area (Å²) < 4.78 is 5.02. The molecule has 0 amide bonds. The predicted octanol–water partition coefficient (Wildman–Crippen LogP) is 1.68. The zero-order valence-corrected chi connectivity index (χ0v) is 9.10. The van der Waals surface area contributed by atoms with Crippen LogP contribution in [0.2, 0.25) is 0 Å². The van der Waals surface area contributed by atoms with Crippen LogP contribution in [0.25, 0.3) is 0 Å². The minimum atomic E-state index is -0.273. The van der Waals surface area contributed by atoms with Crippen LogP contribution in [0.15, 0.2) is 12.1 Å². The van der Waals surface area contributed by atoms with Crippen LogP contribution in [-0.4, -0.2) is 12.2 Å². The molecule has 1 aromatic carbocycles. The predicted molar refractivity (Wildman–Crippen MR) is 59.0 cm³/mol.